The second kappa shape index (κ2) is 11.9. The molecule has 0 spiro atoms. The number of nitrogens with one attached hydrogen (secondary N) is 2. The SMILES string of the molecule is CC[C@@H](NC(=O)c1ccc(-c2cccc(CN)c2)cc1)[C@@H](Cc1cccc(C(=N)N)c1)C(=O)OC. The third-order valence-corrected chi connectivity index (χ3v) is 6.08. The van der Waals surface area contributed by atoms with Crippen LogP contribution in [0.4, 0.5) is 0 Å². The molecule has 3 aromatic carbocycles. The molecule has 1 amide bonds. The van der Waals surface area contributed by atoms with Crippen LogP contribution in [0.25, 0.3) is 11.1 Å². The highest BCUT2D eigenvalue weighted by atomic mass is 16.5. The summed E-state index contributed by atoms with van der Waals surface area (Å²) in [5.41, 5.74) is 16.3. The molecule has 0 saturated carbocycles. The number of rotatable bonds is 10. The highest BCUT2D eigenvalue weighted by Gasteiger charge is 2.30. The van der Waals surface area contributed by atoms with Crippen molar-refractivity contribution < 1.29 is 14.3 Å². The van der Waals surface area contributed by atoms with Crippen molar-refractivity contribution in [3.05, 3.63) is 95.1 Å². The number of nitrogens with two attached hydrogens (primary N) is 2. The fourth-order valence-corrected chi connectivity index (χ4v) is 4.09. The number of esters is 1. The minimum atomic E-state index is -0.588. The number of hydrogen-bond acceptors (Lipinski definition) is 5. The van der Waals surface area contributed by atoms with Gasteiger partial charge in [0, 0.05) is 23.7 Å². The summed E-state index contributed by atoms with van der Waals surface area (Å²) < 4.78 is 5.05. The van der Waals surface area contributed by atoms with E-state index in [-0.39, 0.29) is 11.7 Å². The van der Waals surface area contributed by atoms with E-state index in [0.29, 0.717) is 30.5 Å². The van der Waals surface area contributed by atoms with Crippen molar-refractivity contribution in [2.24, 2.45) is 17.4 Å². The fraction of sp³-hybridized carbons (Fsp3) is 0.250. The molecule has 7 heteroatoms. The number of benzene rings is 3. The molecule has 0 unspecified atom stereocenters. The molecule has 0 aliphatic rings. The van der Waals surface area contributed by atoms with Crippen LogP contribution in [0.15, 0.2) is 72.8 Å². The van der Waals surface area contributed by atoms with E-state index in [9.17, 15) is 9.59 Å². The van der Waals surface area contributed by atoms with Crippen LogP contribution in [0.5, 0.6) is 0 Å². The maximum Gasteiger partial charge on any atom is 0.311 e. The van der Waals surface area contributed by atoms with Gasteiger partial charge in [0.2, 0.25) is 0 Å². The quantitative estimate of drug-likeness (QED) is 0.203. The Hall–Kier alpha value is -3.97. The van der Waals surface area contributed by atoms with Crippen LogP contribution in [0.2, 0.25) is 0 Å². The summed E-state index contributed by atoms with van der Waals surface area (Å²) >= 11 is 0. The first-order chi connectivity index (χ1) is 16.9. The molecule has 0 heterocycles. The Bertz CT molecular complexity index is 1190. The normalized spacial score (nSPS) is 12.4. The Balaban J connectivity index is 1.77. The molecule has 6 N–H and O–H groups in total. The van der Waals surface area contributed by atoms with E-state index in [1.165, 1.54) is 7.11 Å². The van der Waals surface area contributed by atoms with Crippen molar-refractivity contribution in [2.75, 3.05) is 7.11 Å². The van der Waals surface area contributed by atoms with Gasteiger partial charge in [-0.05, 0) is 59.4 Å². The van der Waals surface area contributed by atoms with Gasteiger partial charge in [-0.3, -0.25) is 15.0 Å². The smallest absolute Gasteiger partial charge is 0.311 e. The van der Waals surface area contributed by atoms with E-state index < -0.39 is 17.9 Å². The van der Waals surface area contributed by atoms with Crippen LogP contribution in [-0.4, -0.2) is 30.9 Å². The second-order valence-corrected chi connectivity index (χ2v) is 8.42. The summed E-state index contributed by atoms with van der Waals surface area (Å²) in [4.78, 5) is 25.7. The van der Waals surface area contributed by atoms with E-state index in [2.05, 4.69) is 5.32 Å². The van der Waals surface area contributed by atoms with Crippen molar-refractivity contribution in [3.63, 3.8) is 0 Å². The van der Waals surface area contributed by atoms with Gasteiger partial charge in [0.1, 0.15) is 5.84 Å². The minimum absolute atomic E-state index is 0.0417. The molecule has 0 bridgehead atoms. The molecule has 7 nitrogen and oxygen atoms in total. The van der Waals surface area contributed by atoms with Crippen molar-refractivity contribution in [1.29, 1.82) is 5.41 Å². The Kier molecular flexibility index (Phi) is 8.75. The number of nitrogen functional groups attached to an aromatic ring is 1. The van der Waals surface area contributed by atoms with Gasteiger partial charge in [-0.25, -0.2) is 0 Å². The molecule has 0 fully saturated rings. The van der Waals surface area contributed by atoms with E-state index in [0.717, 1.165) is 22.3 Å². The Morgan fingerprint density at radius 2 is 1.63 bits per heavy atom. The Morgan fingerprint density at radius 3 is 2.26 bits per heavy atom. The van der Waals surface area contributed by atoms with E-state index in [4.69, 9.17) is 21.6 Å². The molecule has 0 radical (unpaired) electrons. The molecule has 182 valence electrons. The molecular weight excluding hydrogens is 440 g/mol. The van der Waals surface area contributed by atoms with Gasteiger partial charge in [-0.15, -0.1) is 0 Å². The van der Waals surface area contributed by atoms with Crippen LogP contribution < -0.4 is 16.8 Å². The molecule has 0 aliphatic carbocycles. The summed E-state index contributed by atoms with van der Waals surface area (Å²) in [6, 6.07) is 22.1. The monoisotopic (exact) mass is 472 g/mol. The maximum atomic E-state index is 13.0. The van der Waals surface area contributed by atoms with Crippen LogP contribution in [0, 0.1) is 11.3 Å². The highest BCUT2D eigenvalue weighted by molar-refractivity contribution is 5.96. The van der Waals surface area contributed by atoms with E-state index in [1.807, 2.05) is 49.4 Å². The molecular formula is C28H32N4O3. The van der Waals surface area contributed by atoms with Crippen LogP contribution >= 0.6 is 0 Å². The first kappa shape index (κ1) is 25.6. The molecule has 3 rings (SSSR count). The molecule has 0 saturated heterocycles. The summed E-state index contributed by atoms with van der Waals surface area (Å²) in [6.07, 6.45) is 0.894. The largest absolute Gasteiger partial charge is 0.469 e. The highest BCUT2D eigenvalue weighted by Crippen LogP contribution is 2.22. The zero-order valence-electron chi connectivity index (χ0n) is 20.1. The number of carbonyl (C=O) groups is 2. The van der Waals surface area contributed by atoms with Crippen LogP contribution in [0.3, 0.4) is 0 Å². The topological polar surface area (TPSA) is 131 Å². The van der Waals surface area contributed by atoms with E-state index in [1.54, 1.807) is 30.3 Å². The van der Waals surface area contributed by atoms with Crippen molar-refractivity contribution >= 4 is 17.7 Å². The molecule has 35 heavy (non-hydrogen) atoms. The number of hydrogen-bond donors (Lipinski definition) is 4. The predicted molar refractivity (Wildman–Crippen MR) is 138 cm³/mol. The molecule has 0 aromatic heterocycles. The number of ether oxygens (including phenoxy) is 1. The van der Waals surface area contributed by atoms with E-state index >= 15 is 0 Å². The number of methoxy groups -OCH3 is 1. The standard InChI is InChI=1S/C28H32N4O3/c1-3-25(24(28(34)35-2)16-18-6-4-9-23(14-18)26(30)31)32-27(33)21-12-10-20(11-13-21)22-8-5-7-19(15-22)17-29/h4-15,24-25H,3,16-17,29H2,1-2H3,(H3,30,31)(H,32,33)/t24-,25-/m1/s1. The van der Waals surface area contributed by atoms with Gasteiger partial charge in [0.15, 0.2) is 0 Å². The lowest BCUT2D eigenvalue weighted by molar-refractivity contribution is -0.146. The second-order valence-electron chi connectivity index (χ2n) is 8.42. The average molecular weight is 473 g/mol. The Labute approximate surface area is 206 Å². The third-order valence-electron chi connectivity index (χ3n) is 6.08. The van der Waals surface area contributed by atoms with Gasteiger partial charge in [-0.1, -0.05) is 55.5 Å². The number of amidine groups is 1. The maximum absolute atomic E-state index is 13.0. The lowest BCUT2D eigenvalue weighted by atomic mass is 9.89. The van der Waals surface area contributed by atoms with Gasteiger partial charge < -0.3 is 21.5 Å². The van der Waals surface area contributed by atoms with Crippen molar-refractivity contribution in [3.8, 4) is 11.1 Å². The molecule has 0 aliphatic heterocycles. The molecule has 2 atom stereocenters. The first-order valence-electron chi connectivity index (χ1n) is 11.6. The number of carbonyl (C=O) groups excluding carboxylic acids is 2. The zero-order chi connectivity index (χ0) is 25.4. The lowest BCUT2D eigenvalue weighted by Gasteiger charge is -2.25. The molecule has 3 aromatic rings. The first-order valence-corrected chi connectivity index (χ1v) is 11.6. The summed E-state index contributed by atoms with van der Waals surface area (Å²) in [7, 11) is 1.34. The van der Waals surface area contributed by atoms with Gasteiger partial charge in [-0.2, -0.15) is 0 Å². The fourth-order valence-electron chi connectivity index (χ4n) is 4.09. The predicted octanol–water partition coefficient (Wildman–Crippen LogP) is 3.64. The average Bonchev–Trinajstić information content (AvgIpc) is 2.90. The van der Waals surface area contributed by atoms with Crippen LogP contribution in [-0.2, 0) is 22.5 Å². The summed E-state index contributed by atoms with van der Waals surface area (Å²) in [5.74, 6) is -1.29. The number of amides is 1. The third kappa shape index (κ3) is 6.55. The van der Waals surface area contributed by atoms with Gasteiger partial charge >= 0.3 is 5.97 Å². The van der Waals surface area contributed by atoms with Gasteiger partial charge in [0.05, 0.1) is 13.0 Å². The zero-order valence-corrected chi connectivity index (χ0v) is 20.1. The summed E-state index contributed by atoms with van der Waals surface area (Å²) in [5, 5.41) is 10.7. The van der Waals surface area contributed by atoms with Crippen molar-refractivity contribution in [1.82, 2.24) is 5.32 Å². The van der Waals surface area contributed by atoms with Crippen molar-refractivity contribution in [2.45, 2.75) is 32.4 Å². The Morgan fingerprint density at radius 1 is 0.943 bits per heavy atom. The lowest BCUT2D eigenvalue weighted by Crippen LogP contribution is -2.44. The van der Waals surface area contributed by atoms with Crippen LogP contribution in [0.1, 0.15) is 40.4 Å². The summed E-state index contributed by atoms with van der Waals surface area (Å²) in [6.45, 7) is 2.38. The minimum Gasteiger partial charge on any atom is -0.469 e. The van der Waals surface area contributed by atoms with Gasteiger partial charge in [0.25, 0.3) is 5.91 Å².